The molecule has 0 aliphatic rings. The Morgan fingerprint density at radius 3 is 1.93 bits per heavy atom. The van der Waals surface area contributed by atoms with E-state index in [0.717, 1.165) is 0 Å². The first-order valence-corrected chi connectivity index (χ1v) is 6.17. The topological polar surface area (TPSA) is 83.8 Å². The van der Waals surface area contributed by atoms with Gasteiger partial charge in [-0.25, -0.2) is 0 Å². The zero-order chi connectivity index (χ0) is 12.5. The maximum absolute atomic E-state index is 12.0. The lowest BCUT2D eigenvalue weighted by molar-refractivity contribution is -0.132. The SMILES string of the molecule is COCC(C)(C)C(=O)C(C)(C)P(=O)(O)O. The number of ether oxygens (including phenoxy) is 1. The van der Waals surface area contributed by atoms with E-state index in [2.05, 4.69) is 0 Å². The fourth-order valence-electron chi connectivity index (χ4n) is 1.39. The predicted octanol–water partition coefficient (Wildman–Crippen LogP) is 1.18. The van der Waals surface area contributed by atoms with Crippen LogP contribution >= 0.6 is 7.60 Å². The van der Waals surface area contributed by atoms with E-state index < -0.39 is 24.0 Å². The van der Waals surface area contributed by atoms with Crippen molar-refractivity contribution in [1.29, 1.82) is 0 Å². The Morgan fingerprint density at radius 2 is 1.67 bits per heavy atom. The van der Waals surface area contributed by atoms with Gasteiger partial charge in [-0.15, -0.1) is 0 Å². The summed E-state index contributed by atoms with van der Waals surface area (Å²) in [6.45, 7) is 5.86. The summed E-state index contributed by atoms with van der Waals surface area (Å²) < 4.78 is 16.0. The standard InChI is InChI=1S/C9H19O5P/c1-8(2,6-14-5)7(10)9(3,4)15(11,12)13/h6H2,1-5H3,(H2,11,12,13). The summed E-state index contributed by atoms with van der Waals surface area (Å²) in [5.74, 6) is -0.495. The summed E-state index contributed by atoms with van der Waals surface area (Å²) in [6.07, 6.45) is 0. The maximum atomic E-state index is 12.0. The van der Waals surface area contributed by atoms with E-state index in [-0.39, 0.29) is 6.61 Å². The van der Waals surface area contributed by atoms with Gasteiger partial charge in [0.2, 0.25) is 0 Å². The summed E-state index contributed by atoms with van der Waals surface area (Å²) in [7, 11) is -3.01. The zero-order valence-corrected chi connectivity index (χ0v) is 10.7. The second-order valence-corrected chi connectivity index (χ2v) is 6.96. The van der Waals surface area contributed by atoms with Gasteiger partial charge in [0.15, 0.2) is 5.78 Å². The highest BCUT2D eigenvalue weighted by molar-refractivity contribution is 7.54. The van der Waals surface area contributed by atoms with Crippen LogP contribution in [0.5, 0.6) is 0 Å². The highest BCUT2D eigenvalue weighted by atomic mass is 31.2. The molecule has 0 aromatic carbocycles. The van der Waals surface area contributed by atoms with E-state index in [9.17, 15) is 9.36 Å². The van der Waals surface area contributed by atoms with Gasteiger partial charge in [0.05, 0.1) is 6.61 Å². The van der Waals surface area contributed by atoms with E-state index in [1.54, 1.807) is 13.8 Å². The van der Waals surface area contributed by atoms with Gasteiger partial charge in [0, 0.05) is 12.5 Å². The van der Waals surface area contributed by atoms with Gasteiger partial charge in [-0.05, 0) is 13.8 Å². The lowest BCUT2D eigenvalue weighted by atomic mass is 9.83. The summed E-state index contributed by atoms with van der Waals surface area (Å²) in [5.41, 5.74) is -0.903. The molecule has 0 radical (unpaired) electrons. The molecule has 0 saturated heterocycles. The van der Waals surface area contributed by atoms with Gasteiger partial charge in [-0.1, -0.05) is 13.8 Å². The van der Waals surface area contributed by atoms with Crippen molar-refractivity contribution >= 4 is 13.4 Å². The van der Waals surface area contributed by atoms with Crippen molar-refractivity contribution in [3.05, 3.63) is 0 Å². The van der Waals surface area contributed by atoms with Crippen LogP contribution < -0.4 is 0 Å². The molecule has 0 bridgehead atoms. The van der Waals surface area contributed by atoms with Crippen LogP contribution in [0.2, 0.25) is 0 Å². The van der Waals surface area contributed by atoms with Gasteiger partial charge in [-0.3, -0.25) is 9.36 Å². The molecular formula is C9H19O5P. The quantitative estimate of drug-likeness (QED) is 0.703. The number of ketones is 1. The first kappa shape index (κ1) is 14.8. The molecule has 0 unspecified atom stereocenters. The molecule has 90 valence electrons. The Kier molecular flexibility index (Phi) is 4.27. The molecule has 6 heteroatoms. The van der Waals surface area contributed by atoms with Crippen LogP contribution in [0.4, 0.5) is 0 Å². The summed E-state index contributed by atoms with van der Waals surface area (Å²) in [5, 5.41) is -1.67. The second kappa shape index (κ2) is 4.34. The summed E-state index contributed by atoms with van der Waals surface area (Å²) in [6, 6.07) is 0. The zero-order valence-electron chi connectivity index (χ0n) is 9.77. The molecule has 0 heterocycles. The highest BCUT2D eigenvalue weighted by Gasteiger charge is 2.50. The maximum Gasteiger partial charge on any atom is 0.338 e. The monoisotopic (exact) mass is 238 g/mol. The first-order valence-electron chi connectivity index (χ1n) is 4.56. The molecule has 5 nitrogen and oxygen atoms in total. The van der Waals surface area contributed by atoms with Crippen LogP contribution in [0.15, 0.2) is 0 Å². The lowest BCUT2D eigenvalue weighted by Gasteiger charge is -2.32. The van der Waals surface area contributed by atoms with Gasteiger partial charge in [0.1, 0.15) is 5.16 Å². The number of Topliss-reactive ketones (excluding diaryl/α,β-unsaturated/α-hetero) is 1. The van der Waals surface area contributed by atoms with Crippen LogP contribution in [0.25, 0.3) is 0 Å². The van der Waals surface area contributed by atoms with Crippen LogP contribution in [-0.2, 0) is 14.1 Å². The molecule has 0 aromatic heterocycles. The second-order valence-electron chi connectivity index (χ2n) is 4.75. The van der Waals surface area contributed by atoms with Crippen molar-refractivity contribution in [3.8, 4) is 0 Å². The normalized spacial score (nSPS) is 14.1. The largest absolute Gasteiger partial charge is 0.384 e. The fraction of sp³-hybridized carbons (Fsp3) is 0.889. The molecule has 0 fully saturated rings. The number of hydrogen-bond donors (Lipinski definition) is 2. The third-order valence-corrected chi connectivity index (χ3v) is 4.06. The minimum absolute atomic E-state index is 0.134. The van der Waals surface area contributed by atoms with Crippen LogP contribution in [-0.4, -0.2) is 34.4 Å². The average Bonchev–Trinajstić information content (AvgIpc) is 2.00. The fourth-order valence-corrected chi connectivity index (χ4v) is 1.95. The molecule has 0 rings (SSSR count). The Bertz CT molecular complexity index is 289. The Hall–Kier alpha value is -0.220. The first-order chi connectivity index (χ1) is 6.47. The van der Waals surface area contributed by atoms with Gasteiger partial charge in [0.25, 0.3) is 0 Å². The molecule has 0 aliphatic carbocycles. The molecule has 2 N–H and O–H groups in total. The van der Waals surface area contributed by atoms with E-state index in [0.29, 0.717) is 0 Å². The molecule has 0 amide bonds. The van der Waals surface area contributed by atoms with E-state index in [4.69, 9.17) is 14.5 Å². The van der Waals surface area contributed by atoms with Crippen LogP contribution in [0.1, 0.15) is 27.7 Å². The van der Waals surface area contributed by atoms with Crippen molar-refractivity contribution in [2.24, 2.45) is 5.41 Å². The highest BCUT2D eigenvalue weighted by Crippen LogP contribution is 2.52. The molecule has 0 atom stereocenters. The van der Waals surface area contributed by atoms with Crippen molar-refractivity contribution in [1.82, 2.24) is 0 Å². The molecular weight excluding hydrogens is 219 g/mol. The summed E-state index contributed by atoms with van der Waals surface area (Å²) in [4.78, 5) is 30.1. The van der Waals surface area contributed by atoms with E-state index >= 15 is 0 Å². The third kappa shape index (κ3) is 3.11. The van der Waals surface area contributed by atoms with Crippen molar-refractivity contribution < 1.29 is 23.9 Å². The average molecular weight is 238 g/mol. The van der Waals surface area contributed by atoms with Crippen molar-refractivity contribution in [2.75, 3.05) is 13.7 Å². The van der Waals surface area contributed by atoms with Crippen molar-refractivity contribution in [3.63, 3.8) is 0 Å². The third-order valence-electron chi connectivity index (χ3n) is 2.40. The smallest absolute Gasteiger partial charge is 0.338 e. The molecule has 15 heavy (non-hydrogen) atoms. The summed E-state index contributed by atoms with van der Waals surface area (Å²) >= 11 is 0. The minimum atomic E-state index is -4.45. The molecule has 0 aliphatic heterocycles. The van der Waals surface area contributed by atoms with Crippen LogP contribution in [0.3, 0.4) is 0 Å². The van der Waals surface area contributed by atoms with Gasteiger partial charge >= 0.3 is 7.60 Å². The van der Waals surface area contributed by atoms with Gasteiger partial charge in [-0.2, -0.15) is 0 Å². The molecule has 0 aromatic rings. The Morgan fingerprint density at radius 1 is 1.27 bits per heavy atom. The number of hydrogen-bond acceptors (Lipinski definition) is 3. The van der Waals surface area contributed by atoms with E-state index in [1.165, 1.54) is 21.0 Å². The number of rotatable bonds is 5. The number of methoxy groups -OCH3 is 1. The number of carbonyl (C=O) groups is 1. The molecule has 0 spiro atoms. The lowest BCUT2D eigenvalue weighted by Crippen LogP contribution is -2.43. The van der Waals surface area contributed by atoms with Crippen molar-refractivity contribution in [2.45, 2.75) is 32.9 Å². The predicted molar refractivity (Wildman–Crippen MR) is 56.8 cm³/mol. The van der Waals surface area contributed by atoms with E-state index in [1.807, 2.05) is 0 Å². The van der Waals surface area contributed by atoms with Crippen LogP contribution in [0, 0.1) is 5.41 Å². The Balaban J connectivity index is 5.10. The molecule has 0 saturated carbocycles. The Labute approximate surface area is 90.0 Å². The number of carbonyl (C=O) groups excluding carboxylic acids is 1. The minimum Gasteiger partial charge on any atom is -0.384 e. The van der Waals surface area contributed by atoms with Gasteiger partial charge < -0.3 is 14.5 Å².